The maximum Gasteiger partial charge on any atom is 0.258 e. The van der Waals surface area contributed by atoms with Crippen LogP contribution in [0.2, 0.25) is 5.02 Å². The van der Waals surface area contributed by atoms with Crippen LogP contribution < -0.4 is 5.56 Å². The Kier molecular flexibility index (Phi) is 2.99. The molecule has 0 aliphatic rings. The van der Waals surface area contributed by atoms with Crippen molar-refractivity contribution in [2.75, 3.05) is 6.61 Å². The van der Waals surface area contributed by atoms with Crippen LogP contribution >= 0.6 is 11.6 Å². The highest BCUT2D eigenvalue weighted by atomic mass is 35.5. The number of aliphatic hydroxyl groups excluding tert-OH is 1. The van der Waals surface area contributed by atoms with Crippen molar-refractivity contribution in [3.63, 3.8) is 0 Å². The average molecular weight is 238 g/mol. The molecule has 0 saturated carbocycles. The summed E-state index contributed by atoms with van der Waals surface area (Å²) in [6.45, 7) is 1.74. The Hall–Kier alpha value is -1.32. The van der Waals surface area contributed by atoms with Gasteiger partial charge in [0.15, 0.2) is 0 Å². The summed E-state index contributed by atoms with van der Waals surface area (Å²) in [6.07, 6.45) is 1.68. The van der Waals surface area contributed by atoms with Crippen molar-refractivity contribution in [1.82, 2.24) is 4.57 Å². The quantitative estimate of drug-likeness (QED) is 0.870. The van der Waals surface area contributed by atoms with Gasteiger partial charge in [0.25, 0.3) is 5.56 Å². The van der Waals surface area contributed by atoms with Crippen LogP contribution in [0.4, 0.5) is 0 Å². The van der Waals surface area contributed by atoms with Crippen molar-refractivity contribution in [2.45, 2.75) is 13.0 Å². The summed E-state index contributed by atoms with van der Waals surface area (Å²) in [6, 6.07) is 6.77. The van der Waals surface area contributed by atoms with Crippen LogP contribution in [0, 0.1) is 0 Å². The molecule has 0 fully saturated rings. The molecule has 1 N–H and O–H groups in total. The molecule has 0 aliphatic heterocycles. The van der Waals surface area contributed by atoms with Crippen molar-refractivity contribution in [3.8, 4) is 0 Å². The van der Waals surface area contributed by atoms with E-state index in [9.17, 15) is 4.79 Å². The Morgan fingerprint density at radius 1 is 1.44 bits per heavy atom. The van der Waals surface area contributed by atoms with Crippen LogP contribution in [0.3, 0.4) is 0 Å². The lowest BCUT2D eigenvalue weighted by atomic mass is 10.1. The number of aliphatic hydroxyl groups is 1. The predicted molar refractivity (Wildman–Crippen MR) is 65.0 cm³/mol. The van der Waals surface area contributed by atoms with Crippen molar-refractivity contribution < 1.29 is 5.11 Å². The van der Waals surface area contributed by atoms with E-state index in [-0.39, 0.29) is 18.2 Å². The molecule has 1 heterocycles. The molecule has 1 aromatic carbocycles. The third-order valence-electron chi connectivity index (χ3n) is 2.63. The van der Waals surface area contributed by atoms with Crippen LogP contribution in [0.1, 0.15) is 13.0 Å². The van der Waals surface area contributed by atoms with Gasteiger partial charge in [0.1, 0.15) is 0 Å². The van der Waals surface area contributed by atoms with Crippen LogP contribution in [-0.4, -0.2) is 16.3 Å². The van der Waals surface area contributed by atoms with Crippen LogP contribution in [0.5, 0.6) is 0 Å². The van der Waals surface area contributed by atoms with E-state index in [4.69, 9.17) is 16.7 Å². The molecule has 0 aliphatic carbocycles. The SMILES string of the molecule is C[C@@H](CO)n1ccc2cc(Cl)ccc2c1=O. The smallest absolute Gasteiger partial charge is 0.258 e. The number of benzene rings is 1. The summed E-state index contributed by atoms with van der Waals surface area (Å²) in [5.74, 6) is 0. The number of aromatic nitrogens is 1. The number of hydrogen-bond acceptors (Lipinski definition) is 2. The average Bonchev–Trinajstić information content (AvgIpc) is 2.28. The Balaban J connectivity index is 2.71. The number of nitrogens with zero attached hydrogens (tertiary/aromatic N) is 1. The molecular weight excluding hydrogens is 226 g/mol. The zero-order valence-electron chi connectivity index (χ0n) is 8.85. The number of rotatable bonds is 2. The molecule has 0 unspecified atom stereocenters. The van der Waals surface area contributed by atoms with Crippen LogP contribution in [-0.2, 0) is 0 Å². The minimum absolute atomic E-state index is 0.0565. The molecular formula is C12H12ClNO2. The first kappa shape index (κ1) is 11.2. The number of fused-ring (bicyclic) bond motifs is 1. The van der Waals surface area contributed by atoms with Gasteiger partial charge in [-0.3, -0.25) is 4.79 Å². The number of halogens is 1. The summed E-state index contributed by atoms with van der Waals surface area (Å²) in [5.41, 5.74) is -0.101. The lowest BCUT2D eigenvalue weighted by Crippen LogP contribution is -2.24. The van der Waals surface area contributed by atoms with Gasteiger partial charge in [0.2, 0.25) is 0 Å². The molecule has 84 valence electrons. The standard InChI is InChI=1S/C12H12ClNO2/c1-8(7-15)14-5-4-9-6-10(13)2-3-11(9)12(14)16/h2-6,8,15H,7H2,1H3/t8-/m0/s1. The van der Waals surface area contributed by atoms with Gasteiger partial charge in [-0.15, -0.1) is 0 Å². The third kappa shape index (κ3) is 1.84. The summed E-state index contributed by atoms with van der Waals surface area (Å²) in [7, 11) is 0. The molecule has 0 bridgehead atoms. The molecule has 2 rings (SSSR count). The van der Waals surface area contributed by atoms with E-state index in [1.54, 1.807) is 31.3 Å². The summed E-state index contributed by atoms with van der Waals surface area (Å²) in [5, 5.41) is 11.1. The Morgan fingerprint density at radius 2 is 2.19 bits per heavy atom. The molecule has 3 nitrogen and oxygen atoms in total. The zero-order chi connectivity index (χ0) is 11.7. The van der Waals surface area contributed by atoms with Gasteiger partial charge in [0.05, 0.1) is 12.6 Å². The molecule has 0 spiro atoms. The highest BCUT2D eigenvalue weighted by molar-refractivity contribution is 6.31. The zero-order valence-corrected chi connectivity index (χ0v) is 9.61. The van der Waals surface area contributed by atoms with Crippen molar-refractivity contribution in [3.05, 3.63) is 45.8 Å². The van der Waals surface area contributed by atoms with E-state index < -0.39 is 0 Å². The maximum absolute atomic E-state index is 12.0. The topological polar surface area (TPSA) is 42.2 Å². The van der Waals surface area contributed by atoms with Gasteiger partial charge in [-0.2, -0.15) is 0 Å². The van der Waals surface area contributed by atoms with E-state index in [0.717, 1.165) is 5.39 Å². The van der Waals surface area contributed by atoms with Gasteiger partial charge in [0, 0.05) is 16.6 Å². The molecule has 0 saturated heterocycles. The van der Waals surface area contributed by atoms with Crippen LogP contribution in [0.25, 0.3) is 10.8 Å². The lowest BCUT2D eigenvalue weighted by Gasteiger charge is -2.12. The molecule has 1 atom stereocenters. The molecule has 2 aromatic rings. The molecule has 4 heteroatoms. The highest BCUT2D eigenvalue weighted by Crippen LogP contribution is 2.17. The molecule has 0 amide bonds. The van der Waals surface area contributed by atoms with Crippen LogP contribution in [0.15, 0.2) is 35.3 Å². The first-order valence-corrected chi connectivity index (χ1v) is 5.42. The fraction of sp³-hybridized carbons (Fsp3) is 0.250. The molecule has 0 radical (unpaired) electrons. The van der Waals surface area contributed by atoms with Crippen molar-refractivity contribution in [2.24, 2.45) is 0 Å². The van der Waals surface area contributed by atoms with E-state index in [2.05, 4.69) is 0 Å². The third-order valence-corrected chi connectivity index (χ3v) is 2.87. The minimum atomic E-state index is -0.215. The maximum atomic E-state index is 12.0. The first-order valence-electron chi connectivity index (χ1n) is 5.04. The Labute approximate surface area is 97.9 Å². The second kappa shape index (κ2) is 4.28. The van der Waals surface area contributed by atoms with Gasteiger partial charge in [-0.25, -0.2) is 0 Å². The number of hydrogen-bond donors (Lipinski definition) is 1. The Bertz CT molecular complexity index is 577. The fourth-order valence-electron chi connectivity index (χ4n) is 1.67. The molecule has 1 aromatic heterocycles. The van der Waals surface area contributed by atoms with E-state index >= 15 is 0 Å². The number of pyridine rings is 1. The van der Waals surface area contributed by atoms with Crippen molar-refractivity contribution in [1.29, 1.82) is 0 Å². The summed E-state index contributed by atoms with van der Waals surface area (Å²) >= 11 is 5.85. The second-order valence-corrected chi connectivity index (χ2v) is 4.23. The van der Waals surface area contributed by atoms with E-state index in [1.165, 1.54) is 4.57 Å². The first-order chi connectivity index (χ1) is 7.63. The largest absolute Gasteiger partial charge is 0.394 e. The predicted octanol–water partition coefficient (Wildman–Crippen LogP) is 2.21. The Morgan fingerprint density at radius 3 is 2.88 bits per heavy atom. The monoisotopic (exact) mass is 237 g/mol. The van der Waals surface area contributed by atoms with E-state index in [0.29, 0.717) is 10.4 Å². The fourth-order valence-corrected chi connectivity index (χ4v) is 1.85. The van der Waals surface area contributed by atoms with Gasteiger partial charge in [-0.05, 0) is 36.6 Å². The van der Waals surface area contributed by atoms with E-state index in [1.807, 2.05) is 6.07 Å². The molecule has 16 heavy (non-hydrogen) atoms. The minimum Gasteiger partial charge on any atom is -0.394 e. The lowest BCUT2D eigenvalue weighted by molar-refractivity contribution is 0.236. The van der Waals surface area contributed by atoms with Crippen molar-refractivity contribution >= 4 is 22.4 Å². The normalized spacial score (nSPS) is 12.9. The van der Waals surface area contributed by atoms with Gasteiger partial charge in [-0.1, -0.05) is 11.6 Å². The van der Waals surface area contributed by atoms with Gasteiger partial charge >= 0.3 is 0 Å². The summed E-state index contributed by atoms with van der Waals surface area (Å²) < 4.78 is 1.52. The highest BCUT2D eigenvalue weighted by Gasteiger charge is 2.07. The van der Waals surface area contributed by atoms with Gasteiger partial charge < -0.3 is 9.67 Å². The summed E-state index contributed by atoms with van der Waals surface area (Å²) in [4.78, 5) is 12.0. The second-order valence-electron chi connectivity index (χ2n) is 3.79.